The van der Waals surface area contributed by atoms with Crippen LogP contribution >= 0.6 is 0 Å². The van der Waals surface area contributed by atoms with E-state index < -0.39 is 5.97 Å². The molecule has 174 valence electrons. The number of carbonyl (C=O) groups excluding carboxylic acids is 1. The molecule has 2 heterocycles. The van der Waals surface area contributed by atoms with Crippen molar-refractivity contribution in [1.82, 2.24) is 0 Å². The van der Waals surface area contributed by atoms with Crippen molar-refractivity contribution >= 4 is 40.7 Å². The molecule has 1 aliphatic carbocycles. The number of carboxylic acids is 1. The van der Waals surface area contributed by atoms with E-state index in [-0.39, 0.29) is 11.5 Å². The highest BCUT2D eigenvalue weighted by Gasteiger charge is 2.42. The molecule has 0 spiro atoms. The van der Waals surface area contributed by atoms with Crippen LogP contribution in [0.2, 0.25) is 0 Å². The zero-order valence-corrected chi connectivity index (χ0v) is 19.4. The fourth-order valence-corrected chi connectivity index (χ4v) is 5.66. The Morgan fingerprint density at radius 2 is 1.77 bits per heavy atom. The standard InChI is InChI=1S/C29H25N3O3/c1-18-24(28(33)32(30-18)22-13-11-20(12-14-22)29(34)35)16-19-10-15-27-25(17-19)23-8-5-9-26(23)31(27)21-6-3-2-4-7-21/h2-4,6-7,10-17,23,26H,5,8-9H2,1H3,(H,34,35)/b24-16-. The zero-order valence-electron chi connectivity index (χ0n) is 19.4. The van der Waals surface area contributed by atoms with Crippen LogP contribution in [0.5, 0.6) is 0 Å². The molecule has 0 bridgehead atoms. The first kappa shape index (κ1) is 21.4. The van der Waals surface area contributed by atoms with Crippen molar-refractivity contribution in [2.24, 2.45) is 5.10 Å². The van der Waals surface area contributed by atoms with Gasteiger partial charge in [0.25, 0.3) is 5.91 Å². The van der Waals surface area contributed by atoms with E-state index in [1.165, 1.54) is 53.3 Å². The highest BCUT2D eigenvalue weighted by Crippen LogP contribution is 2.52. The Hall–Kier alpha value is -4.19. The van der Waals surface area contributed by atoms with Crippen LogP contribution in [0.15, 0.2) is 83.5 Å². The van der Waals surface area contributed by atoms with Gasteiger partial charge in [-0.3, -0.25) is 4.79 Å². The van der Waals surface area contributed by atoms with Gasteiger partial charge in [-0.15, -0.1) is 0 Å². The minimum absolute atomic E-state index is 0.171. The molecule has 2 aliphatic heterocycles. The molecule has 3 aromatic carbocycles. The fourth-order valence-electron chi connectivity index (χ4n) is 5.66. The molecule has 0 saturated heterocycles. The number of para-hydroxylation sites is 1. The molecule has 3 aromatic rings. The van der Waals surface area contributed by atoms with E-state index in [1.54, 1.807) is 12.1 Å². The number of benzene rings is 3. The van der Waals surface area contributed by atoms with Gasteiger partial charge in [0, 0.05) is 23.3 Å². The summed E-state index contributed by atoms with van der Waals surface area (Å²) in [5.41, 5.74) is 6.74. The lowest BCUT2D eigenvalue weighted by Crippen LogP contribution is -2.26. The Labute approximate surface area is 203 Å². The second kappa shape index (κ2) is 8.24. The number of aromatic carboxylic acids is 1. The summed E-state index contributed by atoms with van der Waals surface area (Å²) in [6, 6.07) is 23.7. The molecule has 2 unspecified atom stereocenters. The molecule has 0 aromatic heterocycles. The lowest BCUT2D eigenvalue weighted by molar-refractivity contribution is -0.114. The van der Waals surface area contributed by atoms with Gasteiger partial charge in [0.1, 0.15) is 0 Å². The first-order valence-corrected chi connectivity index (χ1v) is 11.9. The third kappa shape index (κ3) is 3.53. The number of rotatable bonds is 4. The van der Waals surface area contributed by atoms with Crippen LogP contribution < -0.4 is 9.91 Å². The van der Waals surface area contributed by atoms with Crippen LogP contribution in [-0.4, -0.2) is 28.7 Å². The molecule has 6 rings (SSSR count). The van der Waals surface area contributed by atoms with E-state index in [4.69, 9.17) is 5.11 Å². The summed E-state index contributed by atoms with van der Waals surface area (Å²) >= 11 is 0. The van der Waals surface area contributed by atoms with Gasteiger partial charge in [0.2, 0.25) is 0 Å². The van der Waals surface area contributed by atoms with Crippen molar-refractivity contribution < 1.29 is 14.7 Å². The van der Waals surface area contributed by atoms with Crippen molar-refractivity contribution in [3.05, 3.63) is 95.1 Å². The molecule has 1 amide bonds. The molecular weight excluding hydrogens is 438 g/mol. The molecule has 2 atom stereocenters. The van der Waals surface area contributed by atoms with Gasteiger partial charge in [-0.05, 0) is 85.5 Å². The Kier molecular flexibility index (Phi) is 5.02. The third-order valence-electron chi connectivity index (χ3n) is 7.29. The minimum atomic E-state index is -1.00. The molecule has 1 saturated carbocycles. The second-order valence-corrected chi connectivity index (χ2v) is 9.34. The van der Waals surface area contributed by atoms with Crippen molar-refractivity contribution in [2.45, 2.75) is 38.1 Å². The van der Waals surface area contributed by atoms with E-state index in [0.717, 1.165) is 5.56 Å². The highest BCUT2D eigenvalue weighted by atomic mass is 16.4. The predicted molar refractivity (Wildman–Crippen MR) is 137 cm³/mol. The quantitative estimate of drug-likeness (QED) is 0.483. The number of hydrogen-bond acceptors (Lipinski definition) is 4. The summed E-state index contributed by atoms with van der Waals surface area (Å²) in [7, 11) is 0. The van der Waals surface area contributed by atoms with Gasteiger partial charge in [0.05, 0.1) is 22.5 Å². The SMILES string of the molecule is CC1=NN(c2ccc(C(=O)O)cc2)C(=O)/C1=C\c1ccc2c(c1)C1CCCC1N2c1ccccc1. The number of fused-ring (bicyclic) bond motifs is 3. The molecule has 6 nitrogen and oxygen atoms in total. The zero-order chi connectivity index (χ0) is 24.1. The van der Waals surface area contributed by atoms with Crippen LogP contribution in [0.1, 0.15) is 53.6 Å². The molecule has 6 heteroatoms. The van der Waals surface area contributed by atoms with E-state index >= 15 is 0 Å². The summed E-state index contributed by atoms with van der Waals surface area (Å²) < 4.78 is 0. The Morgan fingerprint density at radius 1 is 1.00 bits per heavy atom. The van der Waals surface area contributed by atoms with Crippen LogP contribution in [0, 0.1) is 0 Å². The summed E-state index contributed by atoms with van der Waals surface area (Å²) in [4.78, 5) is 26.8. The number of nitrogens with zero attached hydrogens (tertiary/aromatic N) is 3. The molecule has 1 fully saturated rings. The monoisotopic (exact) mass is 463 g/mol. The summed E-state index contributed by atoms with van der Waals surface area (Å²) in [5.74, 6) is -0.714. The average molecular weight is 464 g/mol. The van der Waals surface area contributed by atoms with E-state index in [9.17, 15) is 9.59 Å². The van der Waals surface area contributed by atoms with Crippen molar-refractivity contribution in [3.8, 4) is 0 Å². The van der Waals surface area contributed by atoms with Crippen molar-refractivity contribution in [2.75, 3.05) is 9.91 Å². The first-order valence-electron chi connectivity index (χ1n) is 11.9. The molecule has 3 aliphatic rings. The van der Waals surface area contributed by atoms with Crippen LogP contribution in [0.4, 0.5) is 17.1 Å². The topological polar surface area (TPSA) is 73.2 Å². The Balaban J connectivity index is 1.32. The smallest absolute Gasteiger partial charge is 0.335 e. The minimum Gasteiger partial charge on any atom is -0.478 e. The average Bonchev–Trinajstić information content (AvgIpc) is 3.54. The predicted octanol–water partition coefficient (Wildman–Crippen LogP) is 5.98. The number of carboxylic acid groups (broad SMARTS) is 1. The van der Waals surface area contributed by atoms with Gasteiger partial charge in [0.15, 0.2) is 0 Å². The summed E-state index contributed by atoms with van der Waals surface area (Å²) in [6.45, 7) is 1.83. The van der Waals surface area contributed by atoms with Gasteiger partial charge in [-0.25, -0.2) is 4.79 Å². The fraction of sp³-hybridized carbons (Fsp3) is 0.207. The summed E-state index contributed by atoms with van der Waals surface area (Å²) in [5, 5.41) is 14.9. The van der Waals surface area contributed by atoms with E-state index in [2.05, 4.69) is 52.5 Å². The largest absolute Gasteiger partial charge is 0.478 e. The van der Waals surface area contributed by atoms with E-state index in [1.807, 2.05) is 19.1 Å². The lowest BCUT2D eigenvalue weighted by Gasteiger charge is -2.27. The van der Waals surface area contributed by atoms with Crippen LogP contribution in [-0.2, 0) is 4.79 Å². The number of carbonyl (C=O) groups is 2. The van der Waals surface area contributed by atoms with Crippen molar-refractivity contribution in [3.63, 3.8) is 0 Å². The normalized spacial score (nSPS) is 21.9. The molecule has 0 radical (unpaired) electrons. The van der Waals surface area contributed by atoms with Crippen molar-refractivity contribution in [1.29, 1.82) is 0 Å². The van der Waals surface area contributed by atoms with Gasteiger partial charge < -0.3 is 10.0 Å². The number of hydrazone groups is 1. The molecule has 35 heavy (non-hydrogen) atoms. The highest BCUT2D eigenvalue weighted by molar-refractivity contribution is 6.32. The van der Waals surface area contributed by atoms with Crippen LogP contribution in [0.3, 0.4) is 0 Å². The lowest BCUT2D eigenvalue weighted by atomic mass is 9.95. The Morgan fingerprint density at radius 3 is 2.51 bits per heavy atom. The maximum Gasteiger partial charge on any atom is 0.335 e. The molecule has 1 N–H and O–H groups in total. The number of amides is 1. The summed E-state index contributed by atoms with van der Waals surface area (Å²) in [6.07, 6.45) is 5.51. The second-order valence-electron chi connectivity index (χ2n) is 9.34. The first-order chi connectivity index (χ1) is 17.0. The van der Waals surface area contributed by atoms with E-state index in [0.29, 0.717) is 28.9 Å². The van der Waals surface area contributed by atoms with Gasteiger partial charge in [-0.2, -0.15) is 10.1 Å². The maximum absolute atomic E-state index is 13.2. The Bertz CT molecular complexity index is 1390. The van der Waals surface area contributed by atoms with Crippen LogP contribution in [0.25, 0.3) is 6.08 Å². The maximum atomic E-state index is 13.2. The van der Waals surface area contributed by atoms with Gasteiger partial charge in [-0.1, -0.05) is 30.7 Å². The van der Waals surface area contributed by atoms with Gasteiger partial charge >= 0.3 is 5.97 Å². The number of hydrogen-bond donors (Lipinski definition) is 1. The number of anilines is 3. The molecular formula is C29H25N3O3. The third-order valence-corrected chi connectivity index (χ3v) is 7.29.